The van der Waals surface area contributed by atoms with E-state index in [1.54, 1.807) is 0 Å². The monoisotopic (exact) mass is 503 g/mol. The number of carboxylic acids is 1. The molecular formula is C31H37NO5. The van der Waals surface area contributed by atoms with Gasteiger partial charge in [-0.15, -0.1) is 0 Å². The van der Waals surface area contributed by atoms with Crippen molar-refractivity contribution in [2.24, 2.45) is 5.16 Å². The van der Waals surface area contributed by atoms with Crippen LogP contribution in [-0.2, 0) is 33.7 Å². The summed E-state index contributed by atoms with van der Waals surface area (Å²) in [6.45, 7) is 13.4. The van der Waals surface area contributed by atoms with Gasteiger partial charge in [0.15, 0.2) is 0 Å². The lowest BCUT2D eigenvalue weighted by Crippen LogP contribution is -2.11. The molecule has 0 unspecified atom stereocenters. The highest BCUT2D eigenvalue weighted by Crippen LogP contribution is 2.27. The number of rotatable bonds is 10. The third kappa shape index (κ3) is 8.67. The second-order valence-electron chi connectivity index (χ2n) is 11.1. The zero-order chi connectivity index (χ0) is 27.1. The summed E-state index contributed by atoms with van der Waals surface area (Å²) in [4.78, 5) is 15.5. The van der Waals surface area contributed by atoms with Crippen LogP contribution in [0.3, 0.4) is 0 Å². The van der Waals surface area contributed by atoms with Crippen LogP contribution in [0.25, 0.3) is 0 Å². The molecule has 6 nitrogen and oxygen atoms in total. The molecule has 0 atom stereocenters. The SMILES string of the molecule is CC(C)(C)c1ccc(COc2ccc(C=NOCC(=O)O)c(OCc3ccc(C(C)(C)C)cc3)c2)cc1. The van der Waals surface area contributed by atoms with E-state index >= 15 is 0 Å². The number of hydrogen-bond acceptors (Lipinski definition) is 5. The van der Waals surface area contributed by atoms with E-state index in [-0.39, 0.29) is 10.8 Å². The molecule has 6 heteroatoms. The molecule has 3 aromatic carbocycles. The Balaban J connectivity index is 1.73. The maximum Gasteiger partial charge on any atom is 0.344 e. The first-order chi connectivity index (χ1) is 17.4. The van der Waals surface area contributed by atoms with Crippen LogP contribution >= 0.6 is 0 Å². The molecule has 0 amide bonds. The van der Waals surface area contributed by atoms with Gasteiger partial charge in [0.2, 0.25) is 6.61 Å². The smallest absolute Gasteiger partial charge is 0.344 e. The molecule has 0 fully saturated rings. The number of benzene rings is 3. The van der Waals surface area contributed by atoms with Crippen molar-refractivity contribution in [1.29, 1.82) is 0 Å². The van der Waals surface area contributed by atoms with Gasteiger partial charge in [-0.1, -0.05) is 95.2 Å². The highest BCUT2D eigenvalue weighted by molar-refractivity contribution is 5.83. The van der Waals surface area contributed by atoms with Crippen molar-refractivity contribution in [1.82, 2.24) is 0 Å². The highest BCUT2D eigenvalue weighted by Gasteiger charge is 2.14. The predicted molar refractivity (Wildman–Crippen MR) is 147 cm³/mol. The minimum atomic E-state index is -1.09. The van der Waals surface area contributed by atoms with Gasteiger partial charge in [0.1, 0.15) is 24.7 Å². The van der Waals surface area contributed by atoms with Crippen LogP contribution in [0.1, 0.15) is 69.4 Å². The average Bonchev–Trinajstić information content (AvgIpc) is 2.84. The Morgan fingerprint density at radius 1 is 0.784 bits per heavy atom. The first kappa shape index (κ1) is 27.8. The molecule has 0 bridgehead atoms. The number of hydrogen-bond donors (Lipinski definition) is 1. The predicted octanol–water partition coefficient (Wildman–Crippen LogP) is 6.87. The zero-order valence-electron chi connectivity index (χ0n) is 22.6. The van der Waals surface area contributed by atoms with Crippen molar-refractivity contribution < 1.29 is 24.2 Å². The summed E-state index contributed by atoms with van der Waals surface area (Å²) >= 11 is 0. The summed E-state index contributed by atoms with van der Waals surface area (Å²) in [6.07, 6.45) is 1.44. The maximum atomic E-state index is 10.7. The minimum Gasteiger partial charge on any atom is -0.489 e. The third-order valence-electron chi connectivity index (χ3n) is 5.88. The topological polar surface area (TPSA) is 77.4 Å². The number of carboxylic acid groups (broad SMARTS) is 1. The van der Waals surface area contributed by atoms with E-state index in [0.29, 0.717) is 30.3 Å². The van der Waals surface area contributed by atoms with Gasteiger partial charge in [-0.05, 0) is 45.2 Å². The lowest BCUT2D eigenvalue weighted by atomic mass is 9.87. The molecule has 3 rings (SSSR count). The largest absolute Gasteiger partial charge is 0.489 e. The van der Waals surface area contributed by atoms with Crippen LogP contribution in [-0.4, -0.2) is 23.9 Å². The normalized spacial score (nSPS) is 11.9. The first-order valence-electron chi connectivity index (χ1n) is 12.4. The standard InChI is InChI=1S/C31H37NO5/c1-30(2,3)25-12-7-22(8-13-25)19-35-27-16-11-24(18-32-37-21-29(33)34)28(17-27)36-20-23-9-14-26(15-10-23)31(4,5)6/h7-18H,19-21H2,1-6H3,(H,33,34). The van der Waals surface area contributed by atoms with Gasteiger partial charge < -0.3 is 19.4 Å². The van der Waals surface area contributed by atoms with Crippen LogP contribution in [0, 0.1) is 0 Å². The summed E-state index contributed by atoms with van der Waals surface area (Å²) in [5, 5.41) is 12.5. The molecule has 1 N–H and O–H groups in total. The molecule has 0 radical (unpaired) electrons. The Morgan fingerprint density at radius 2 is 1.30 bits per heavy atom. The fourth-order valence-electron chi connectivity index (χ4n) is 3.55. The molecule has 0 aliphatic heterocycles. The van der Waals surface area contributed by atoms with E-state index in [1.165, 1.54) is 17.3 Å². The lowest BCUT2D eigenvalue weighted by Gasteiger charge is -2.19. The van der Waals surface area contributed by atoms with Crippen molar-refractivity contribution in [3.63, 3.8) is 0 Å². The van der Waals surface area contributed by atoms with Crippen LogP contribution in [0.15, 0.2) is 71.9 Å². The van der Waals surface area contributed by atoms with Gasteiger partial charge in [0.05, 0.1) is 6.21 Å². The molecule has 196 valence electrons. The molecule has 0 saturated heterocycles. The fourth-order valence-corrected chi connectivity index (χ4v) is 3.55. The molecule has 0 spiro atoms. The Bertz CT molecular complexity index is 1200. The zero-order valence-corrected chi connectivity index (χ0v) is 22.6. The Hall–Kier alpha value is -3.80. The Labute approximate surface area is 219 Å². The molecule has 37 heavy (non-hydrogen) atoms. The van der Waals surface area contributed by atoms with Crippen molar-refractivity contribution in [3.8, 4) is 11.5 Å². The van der Waals surface area contributed by atoms with Crippen LogP contribution < -0.4 is 9.47 Å². The lowest BCUT2D eigenvalue weighted by molar-refractivity contribution is -0.142. The van der Waals surface area contributed by atoms with E-state index in [2.05, 4.69) is 95.2 Å². The molecular weight excluding hydrogens is 466 g/mol. The van der Waals surface area contributed by atoms with Gasteiger partial charge in [-0.2, -0.15) is 0 Å². The van der Waals surface area contributed by atoms with Crippen molar-refractivity contribution >= 4 is 12.2 Å². The van der Waals surface area contributed by atoms with Crippen LogP contribution in [0.4, 0.5) is 0 Å². The number of nitrogens with zero attached hydrogens (tertiary/aromatic N) is 1. The van der Waals surface area contributed by atoms with Crippen molar-refractivity contribution in [2.75, 3.05) is 6.61 Å². The summed E-state index contributed by atoms with van der Waals surface area (Å²) in [5.41, 5.74) is 5.47. The van der Waals surface area contributed by atoms with E-state index < -0.39 is 12.6 Å². The van der Waals surface area contributed by atoms with E-state index in [4.69, 9.17) is 19.4 Å². The molecule has 0 aromatic heterocycles. The van der Waals surface area contributed by atoms with E-state index in [9.17, 15) is 4.79 Å². The van der Waals surface area contributed by atoms with Gasteiger partial charge >= 0.3 is 5.97 Å². The summed E-state index contributed by atoms with van der Waals surface area (Å²) in [6, 6.07) is 22.2. The highest BCUT2D eigenvalue weighted by atomic mass is 16.6. The Morgan fingerprint density at radius 3 is 1.78 bits per heavy atom. The van der Waals surface area contributed by atoms with Gasteiger partial charge in [-0.3, -0.25) is 0 Å². The molecule has 0 aliphatic carbocycles. The maximum absolute atomic E-state index is 10.7. The van der Waals surface area contributed by atoms with Crippen molar-refractivity contribution in [3.05, 3.63) is 94.5 Å². The quantitative estimate of drug-likeness (QED) is 0.241. The summed E-state index contributed by atoms with van der Waals surface area (Å²) in [7, 11) is 0. The van der Waals surface area contributed by atoms with Gasteiger partial charge in [0, 0.05) is 11.6 Å². The van der Waals surface area contributed by atoms with Gasteiger partial charge in [-0.25, -0.2) is 4.79 Å². The van der Waals surface area contributed by atoms with E-state index in [1.807, 2.05) is 18.2 Å². The molecule has 3 aromatic rings. The second kappa shape index (κ2) is 12.0. The van der Waals surface area contributed by atoms with E-state index in [0.717, 1.165) is 11.1 Å². The number of oxime groups is 1. The number of aliphatic carboxylic acids is 1. The fraction of sp³-hybridized carbons (Fsp3) is 0.355. The minimum absolute atomic E-state index is 0.0811. The van der Waals surface area contributed by atoms with Crippen LogP contribution in [0.5, 0.6) is 11.5 Å². The molecule has 0 heterocycles. The number of ether oxygens (including phenoxy) is 2. The van der Waals surface area contributed by atoms with Crippen molar-refractivity contribution in [2.45, 2.75) is 65.6 Å². The second-order valence-corrected chi connectivity index (χ2v) is 11.1. The summed E-state index contributed by atoms with van der Waals surface area (Å²) < 4.78 is 12.2. The molecule has 0 aliphatic rings. The third-order valence-corrected chi connectivity index (χ3v) is 5.88. The molecule has 0 saturated carbocycles. The summed E-state index contributed by atoms with van der Waals surface area (Å²) in [5.74, 6) is 0.122. The Kier molecular flexibility index (Phi) is 8.98. The average molecular weight is 504 g/mol. The number of carbonyl (C=O) groups is 1. The first-order valence-corrected chi connectivity index (χ1v) is 12.4. The van der Waals surface area contributed by atoms with Crippen LogP contribution in [0.2, 0.25) is 0 Å². The van der Waals surface area contributed by atoms with Gasteiger partial charge in [0.25, 0.3) is 0 Å².